The number of esters is 1. The van der Waals surface area contributed by atoms with Crippen LogP contribution in [0.1, 0.15) is 52.4 Å². The van der Waals surface area contributed by atoms with Gasteiger partial charge in [-0.2, -0.15) is 0 Å². The van der Waals surface area contributed by atoms with Crippen LogP contribution in [-0.4, -0.2) is 30.4 Å². The molecule has 24 heavy (non-hydrogen) atoms. The third-order valence-corrected chi connectivity index (χ3v) is 6.08. The number of nitrogens with one attached hydrogen (secondary N) is 1. The lowest BCUT2D eigenvalue weighted by Crippen LogP contribution is -2.57. The van der Waals surface area contributed by atoms with Crippen LogP contribution in [0, 0.1) is 29.1 Å². The number of primary amides is 1. The molecule has 0 radical (unpaired) electrons. The number of carbonyl (C=O) groups excluding carboxylic acids is 3. The highest BCUT2D eigenvalue weighted by molar-refractivity contribution is 5.89. The van der Waals surface area contributed by atoms with E-state index in [9.17, 15) is 14.4 Å². The van der Waals surface area contributed by atoms with Gasteiger partial charge in [0.15, 0.2) is 6.61 Å². The molecule has 4 saturated carbocycles. The first-order valence-corrected chi connectivity index (χ1v) is 9.05. The zero-order chi connectivity index (χ0) is 17.5. The summed E-state index contributed by atoms with van der Waals surface area (Å²) in [6, 6.07) is -0.732. The number of hydrogen-bond acceptors (Lipinski definition) is 4. The van der Waals surface area contributed by atoms with Crippen molar-refractivity contribution < 1.29 is 19.1 Å². The highest BCUT2D eigenvalue weighted by atomic mass is 16.5. The summed E-state index contributed by atoms with van der Waals surface area (Å²) in [6.07, 6.45) is 6.65. The van der Waals surface area contributed by atoms with Crippen LogP contribution in [0.5, 0.6) is 0 Å². The van der Waals surface area contributed by atoms with Crippen molar-refractivity contribution in [1.82, 2.24) is 5.32 Å². The Morgan fingerprint density at radius 1 is 1.08 bits per heavy atom. The summed E-state index contributed by atoms with van der Waals surface area (Å²) in [5, 5.41) is 2.93. The van der Waals surface area contributed by atoms with Gasteiger partial charge < -0.3 is 15.8 Å². The number of amides is 2. The summed E-state index contributed by atoms with van der Waals surface area (Å²) < 4.78 is 4.92. The number of hydrogen-bond donors (Lipinski definition) is 2. The van der Waals surface area contributed by atoms with Gasteiger partial charge in [-0.15, -0.1) is 0 Å². The Kier molecular flexibility index (Phi) is 4.58. The maximum absolute atomic E-state index is 13.0. The minimum absolute atomic E-state index is 0.00340. The number of carbonyl (C=O) groups is 3. The standard InChI is InChI=1S/C18H28N2O4/c1-10(2)15(16(22)24-9-14(19)21)20-17(23)18-6-11-3-12(7-18)5-13(4-11)8-18/h10-13,15H,3-9H2,1-2H3,(H2,19,21)(H,20,23)/t11?,12?,13?,15-,18?/m1/s1. The molecule has 4 bridgehead atoms. The fourth-order valence-electron chi connectivity index (χ4n) is 5.41. The highest BCUT2D eigenvalue weighted by Gasteiger charge is 2.55. The van der Waals surface area contributed by atoms with Gasteiger partial charge in [-0.25, -0.2) is 4.79 Å². The molecule has 3 N–H and O–H groups in total. The van der Waals surface area contributed by atoms with E-state index in [0.29, 0.717) is 17.8 Å². The Morgan fingerprint density at radius 3 is 2.00 bits per heavy atom. The van der Waals surface area contributed by atoms with Gasteiger partial charge in [-0.05, 0) is 62.2 Å². The Labute approximate surface area is 142 Å². The maximum atomic E-state index is 13.0. The van der Waals surface area contributed by atoms with Crippen LogP contribution in [-0.2, 0) is 19.1 Å². The largest absolute Gasteiger partial charge is 0.454 e. The maximum Gasteiger partial charge on any atom is 0.329 e. The third kappa shape index (κ3) is 3.28. The topological polar surface area (TPSA) is 98.5 Å². The third-order valence-electron chi connectivity index (χ3n) is 6.08. The van der Waals surface area contributed by atoms with Crippen LogP contribution in [0.25, 0.3) is 0 Å². The molecule has 6 nitrogen and oxygen atoms in total. The molecule has 2 amide bonds. The molecule has 0 aliphatic heterocycles. The molecule has 0 aromatic carbocycles. The van der Waals surface area contributed by atoms with Crippen molar-refractivity contribution in [3.8, 4) is 0 Å². The van der Waals surface area contributed by atoms with E-state index in [-0.39, 0.29) is 17.2 Å². The first kappa shape index (κ1) is 17.2. The first-order valence-electron chi connectivity index (χ1n) is 9.05. The van der Waals surface area contributed by atoms with E-state index in [1.54, 1.807) is 0 Å². The fourth-order valence-corrected chi connectivity index (χ4v) is 5.41. The van der Waals surface area contributed by atoms with Crippen molar-refractivity contribution in [2.75, 3.05) is 6.61 Å². The molecule has 134 valence electrons. The van der Waals surface area contributed by atoms with Gasteiger partial charge in [0.2, 0.25) is 5.91 Å². The van der Waals surface area contributed by atoms with Gasteiger partial charge in [0.1, 0.15) is 6.04 Å². The lowest BCUT2D eigenvalue weighted by Gasteiger charge is -2.55. The molecule has 4 aliphatic carbocycles. The summed E-state index contributed by atoms with van der Waals surface area (Å²) in [4.78, 5) is 36.1. The molecule has 4 fully saturated rings. The summed E-state index contributed by atoms with van der Waals surface area (Å²) in [6.45, 7) is 3.27. The Bertz CT molecular complexity index is 508. The number of nitrogens with two attached hydrogens (primary N) is 1. The van der Waals surface area contributed by atoms with E-state index in [1.807, 2.05) is 13.8 Å². The predicted octanol–water partition coefficient (Wildman–Crippen LogP) is 1.37. The van der Waals surface area contributed by atoms with E-state index in [2.05, 4.69) is 5.32 Å². The van der Waals surface area contributed by atoms with Gasteiger partial charge in [-0.3, -0.25) is 9.59 Å². The van der Waals surface area contributed by atoms with E-state index < -0.39 is 24.5 Å². The van der Waals surface area contributed by atoms with Crippen molar-refractivity contribution in [2.24, 2.45) is 34.8 Å². The van der Waals surface area contributed by atoms with E-state index in [4.69, 9.17) is 10.5 Å². The monoisotopic (exact) mass is 336 g/mol. The number of rotatable bonds is 6. The van der Waals surface area contributed by atoms with Gasteiger partial charge >= 0.3 is 5.97 Å². The Balaban J connectivity index is 1.67. The smallest absolute Gasteiger partial charge is 0.329 e. The van der Waals surface area contributed by atoms with Crippen molar-refractivity contribution in [3.63, 3.8) is 0 Å². The highest BCUT2D eigenvalue weighted by Crippen LogP contribution is 2.60. The predicted molar refractivity (Wildman–Crippen MR) is 87.5 cm³/mol. The molecule has 4 aliphatic rings. The molecular formula is C18H28N2O4. The molecular weight excluding hydrogens is 308 g/mol. The van der Waals surface area contributed by atoms with Crippen molar-refractivity contribution in [2.45, 2.75) is 58.4 Å². The van der Waals surface area contributed by atoms with Gasteiger partial charge in [0.25, 0.3) is 5.91 Å². The van der Waals surface area contributed by atoms with Crippen LogP contribution < -0.4 is 11.1 Å². The van der Waals surface area contributed by atoms with E-state index in [0.717, 1.165) is 19.3 Å². The zero-order valence-electron chi connectivity index (χ0n) is 14.5. The van der Waals surface area contributed by atoms with Crippen molar-refractivity contribution in [1.29, 1.82) is 0 Å². The van der Waals surface area contributed by atoms with Crippen LogP contribution in [0.15, 0.2) is 0 Å². The SMILES string of the molecule is CC(C)[C@@H](NC(=O)C12CC3CC(CC(C3)C1)C2)C(=O)OCC(N)=O. The van der Waals surface area contributed by atoms with Crippen LogP contribution >= 0.6 is 0 Å². The molecule has 0 aromatic heterocycles. The van der Waals surface area contributed by atoms with E-state index >= 15 is 0 Å². The Morgan fingerprint density at radius 2 is 1.58 bits per heavy atom. The quantitative estimate of drug-likeness (QED) is 0.716. The zero-order valence-corrected chi connectivity index (χ0v) is 14.5. The second-order valence-electron chi connectivity index (χ2n) is 8.47. The first-order chi connectivity index (χ1) is 11.3. The van der Waals surface area contributed by atoms with Crippen LogP contribution in [0.3, 0.4) is 0 Å². The normalized spacial score (nSPS) is 34.9. The molecule has 4 rings (SSSR count). The second kappa shape index (κ2) is 6.37. The second-order valence-corrected chi connectivity index (χ2v) is 8.47. The average molecular weight is 336 g/mol. The fraction of sp³-hybridized carbons (Fsp3) is 0.833. The minimum Gasteiger partial charge on any atom is -0.454 e. The minimum atomic E-state index is -0.732. The molecule has 6 heteroatoms. The summed E-state index contributed by atoms with van der Waals surface area (Å²) in [5.74, 6) is 0.614. The van der Waals surface area contributed by atoms with Gasteiger partial charge in [0, 0.05) is 5.41 Å². The van der Waals surface area contributed by atoms with Gasteiger partial charge in [0.05, 0.1) is 0 Å². The van der Waals surface area contributed by atoms with Crippen LogP contribution in [0.2, 0.25) is 0 Å². The van der Waals surface area contributed by atoms with Crippen molar-refractivity contribution >= 4 is 17.8 Å². The average Bonchev–Trinajstić information content (AvgIpc) is 2.48. The molecule has 1 atom stereocenters. The molecule has 0 saturated heterocycles. The summed E-state index contributed by atoms with van der Waals surface area (Å²) in [7, 11) is 0. The lowest BCUT2D eigenvalue weighted by molar-refractivity contribution is -0.156. The van der Waals surface area contributed by atoms with Gasteiger partial charge in [-0.1, -0.05) is 13.8 Å². The van der Waals surface area contributed by atoms with Crippen molar-refractivity contribution in [3.05, 3.63) is 0 Å². The Hall–Kier alpha value is -1.59. The number of ether oxygens (including phenoxy) is 1. The molecule has 0 spiro atoms. The van der Waals surface area contributed by atoms with E-state index in [1.165, 1.54) is 19.3 Å². The molecule has 0 aromatic rings. The summed E-state index contributed by atoms with van der Waals surface area (Å²) in [5.41, 5.74) is 4.72. The molecule has 0 unspecified atom stereocenters. The molecule has 0 heterocycles. The lowest BCUT2D eigenvalue weighted by atomic mass is 9.49. The van der Waals surface area contributed by atoms with Crippen LogP contribution in [0.4, 0.5) is 0 Å². The summed E-state index contributed by atoms with van der Waals surface area (Å²) >= 11 is 0.